The van der Waals surface area contributed by atoms with E-state index in [0.29, 0.717) is 12.1 Å². The fourth-order valence-electron chi connectivity index (χ4n) is 1.63. The minimum absolute atomic E-state index is 0.0424. The summed E-state index contributed by atoms with van der Waals surface area (Å²) in [4.78, 5) is 33.2. The Bertz CT molecular complexity index is 507. The van der Waals surface area contributed by atoms with Crippen LogP contribution in [0, 0.1) is 0 Å². The van der Waals surface area contributed by atoms with Gasteiger partial charge in [-0.2, -0.15) is 0 Å². The van der Waals surface area contributed by atoms with E-state index in [9.17, 15) is 14.4 Å². The highest BCUT2D eigenvalue weighted by Gasteiger charge is 2.29. The molecule has 1 N–H and O–H groups in total. The molecule has 0 amide bonds. The fourth-order valence-corrected chi connectivity index (χ4v) is 1.63. The third kappa shape index (κ3) is 2.39. The maximum atomic E-state index is 11.3. The van der Waals surface area contributed by atoms with E-state index in [1.807, 2.05) is 0 Å². The predicted octanol–water partition coefficient (Wildman–Crippen LogP) is 0.676. The number of carbonyl (C=O) groups is 3. The van der Waals surface area contributed by atoms with Crippen LogP contribution in [0.3, 0.4) is 0 Å². The van der Waals surface area contributed by atoms with Crippen LogP contribution in [-0.4, -0.2) is 24.3 Å². The van der Waals surface area contributed by atoms with Gasteiger partial charge in [0.25, 0.3) is 0 Å². The first-order chi connectivity index (χ1) is 8.08. The van der Waals surface area contributed by atoms with E-state index in [2.05, 4.69) is 10.1 Å². The lowest BCUT2D eigenvalue weighted by molar-refractivity contribution is -0.116. The summed E-state index contributed by atoms with van der Waals surface area (Å²) in [5.74, 6) is -1.17. The molecular weight excluding hydrogens is 222 g/mol. The Balaban J connectivity index is 2.12. The van der Waals surface area contributed by atoms with Crippen LogP contribution < -0.4 is 5.32 Å². The van der Waals surface area contributed by atoms with Gasteiger partial charge >= 0.3 is 11.9 Å². The van der Waals surface area contributed by atoms with Crippen molar-refractivity contribution in [2.75, 3.05) is 6.54 Å². The highest BCUT2D eigenvalue weighted by Crippen LogP contribution is 2.20. The Morgan fingerprint density at radius 1 is 1.24 bits per heavy atom. The highest BCUT2D eigenvalue weighted by molar-refractivity contribution is 6.14. The fraction of sp³-hybridized carbons (Fsp3) is 0.250. The quantitative estimate of drug-likeness (QED) is 0.611. The lowest BCUT2D eigenvalue weighted by Gasteiger charge is -2.03. The molecule has 0 spiro atoms. The molecule has 88 valence electrons. The van der Waals surface area contributed by atoms with Crippen molar-refractivity contribution in [3.8, 4) is 0 Å². The van der Waals surface area contributed by atoms with E-state index in [-0.39, 0.29) is 17.9 Å². The molecule has 17 heavy (non-hydrogen) atoms. The Kier molecular flexibility index (Phi) is 3.01. The van der Waals surface area contributed by atoms with Crippen LogP contribution in [0.15, 0.2) is 18.2 Å². The average molecular weight is 233 g/mol. The van der Waals surface area contributed by atoms with Gasteiger partial charge < -0.3 is 10.1 Å². The standard InChI is InChI=1S/C12H11NO4/c1-7(14)5-13-6-8-2-3-9-10(4-8)12(16)17-11(9)15/h2-4,13H,5-6H2,1H3. The second kappa shape index (κ2) is 4.47. The Morgan fingerprint density at radius 2 is 1.94 bits per heavy atom. The van der Waals surface area contributed by atoms with E-state index < -0.39 is 11.9 Å². The number of ether oxygens (including phenoxy) is 1. The first-order valence-electron chi connectivity index (χ1n) is 5.17. The van der Waals surface area contributed by atoms with Crippen molar-refractivity contribution in [2.24, 2.45) is 0 Å². The third-order valence-electron chi connectivity index (χ3n) is 2.41. The molecule has 0 aromatic heterocycles. The summed E-state index contributed by atoms with van der Waals surface area (Å²) < 4.78 is 4.48. The minimum atomic E-state index is -0.613. The van der Waals surface area contributed by atoms with Gasteiger partial charge in [-0.1, -0.05) is 6.07 Å². The first kappa shape index (κ1) is 11.5. The summed E-state index contributed by atoms with van der Waals surface area (Å²) in [6.07, 6.45) is 0. The molecule has 0 unspecified atom stereocenters. The Morgan fingerprint density at radius 3 is 2.65 bits per heavy atom. The molecule has 2 rings (SSSR count). The lowest BCUT2D eigenvalue weighted by atomic mass is 10.1. The van der Waals surface area contributed by atoms with Gasteiger partial charge in [0.05, 0.1) is 17.7 Å². The molecule has 1 aromatic carbocycles. The molecule has 0 fully saturated rings. The third-order valence-corrected chi connectivity index (χ3v) is 2.41. The molecule has 0 radical (unpaired) electrons. The van der Waals surface area contributed by atoms with Crippen molar-refractivity contribution in [1.29, 1.82) is 0 Å². The van der Waals surface area contributed by atoms with E-state index in [4.69, 9.17) is 0 Å². The maximum absolute atomic E-state index is 11.3. The van der Waals surface area contributed by atoms with Crippen molar-refractivity contribution in [1.82, 2.24) is 5.32 Å². The number of carbonyl (C=O) groups excluding carboxylic acids is 3. The second-order valence-corrected chi connectivity index (χ2v) is 3.86. The molecule has 1 aliphatic rings. The topological polar surface area (TPSA) is 72.5 Å². The molecule has 5 nitrogen and oxygen atoms in total. The van der Waals surface area contributed by atoms with Crippen LogP contribution >= 0.6 is 0 Å². The van der Waals surface area contributed by atoms with Crippen LogP contribution in [0.1, 0.15) is 33.2 Å². The Hall–Kier alpha value is -2.01. The number of hydrogen-bond donors (Lipinski definition) is 1. The van der Waals surface area contributed by atoms with Gasteiger partial charge in [0, 0.05) is 6.54 Å². The van der Waals surface area contributed by atoms with Gasteiger partial charge in [0.2, 0.25) is 0 Å². The number of esters is 2. The van der Waals surface area contributed by atoms with Crippen molar-refractivity contribution in [3.63, 3.8) is 0 Å². The number of Topliss-reactive ketones (excluding diaryl/α,β-unsaturated/α-hetero) is 1. The molecule has 0 atom stereocenters. The van der Waals surface area contributed by atoms with Crippen LogP contribution in [0.25, 0.3) is 0 Å². The molecule has 1 aromatic rings. The second-order valence-electron chi connectivity index (χ2n) is 3.86. The summed E-state index contributed by atoms with van der Waals surface area (Å²) in [5.41, 5.74) is 1.42. The molecule has 0 saturated carbocycles. The van der Waals surface area contributed by atoms with Crippen molar-refractivity contribution in [3.05, 3.63) is 34.9 Å². The average Bonchev–Trinajstić information content (AvgIpc) is 2.54. The zero-order valence-corrected chi connectivity index (χ0v) is 9.28. The molecule has 1 heterocycles. The maximum Gasteiger partial charge on any atom is 0.346 e. The van der Waals surface area contributed by atoms with Crippen molar-refractivity contribution in [2.45, 2.75) is 13.5 Å². The normalized spacial score (nSPS) is 13.5. The smallest absolute Gasteiger partial charge is 0.346 e. The SMILES string of the molecule is CC(=O)CNCc1ccc2c(c1)C(=O)OC2=O. The molecule has 0 bridgehead atoms. The summed E-state index contributed by atoms with van der Waals surface area (Å²) in [6, 6.07) is 4.90. The number of benzene rings is 1. The largest absolute Gasteiger partial charge is 0.386 e. The number of cyclic esters (lactones) is 2. The van der Waals surface area contributed by atoms with Crippen LogP contribution in [0.4, 0.5) is 0 Å². The molecule has 0 aliphatic carbocycles. The lowest BCUT2D eigenvalue weighted by Crippen LogP contribution is -2.20. The number of rotatable bonds is 4. The van der Waals surface area contributed by atoms with Gasteiger partial charge in [-0.3, -0.25) is 4.79 Å². The molecular formula is C12H11NO4. The van der Waals surface area contributed by atoms with Crippen LogP contribution in [0.5, 0.6) is 0 Å². The van der Waals surface area contributed by atoms with Gasteiger partial charge in [0.1, 0.15) is 5.78 Å². The van der Waals surface area contributed by atoms with E-state index in [1.54, 1.807) is 18.2 Å². The van der Waals surface area contributed by atoms with Gasteiger partial charge in [-0.05, 0) is 24.6 Å². The highest BCUT2D eigenvalue weighted by atomic mass is 16.6. The van der Waals surface area contributed by atoms with Gasteiger partial charge in [-0.25, -0.2) is 9.59 Å². The first-order valence-corrected chi connectivity index (χ1v) is 5.17. The zero-order chi connectivity index (χ0) is 12.4. The molecule has 1 aliphatic heterocycles. The van der Waals surface area contributed by atoms with E-state index in [1.165, 1.54) is 6.92 Å². The van der Waals surface area contributed by atoms with Crippen LogP contribution in [0.2, 0.25) is 0 Å². The van der Waals surface area contributed by atoms with Crippen molar-refractivity contribution >= 4 is 17.7 Å². The number of nitrogens with one attached hydrogen (secondary N) is 1. The number of hydrogen-bond acceptors (Lipinski definition) is 5. The van der Waals surface area contributed by atoms with Crippen molar-refractivity contribution < 1.29 is 19.1 Å². The van der Waals surface area contributed by atoms with Gasteiger partial charge in [0.15, 0.2) is 0 Å². The Labute approximate surface area is 97.8 Å². The summed E-state index contributed by atoms with van der Waals surface area (Å²) in [7, 11) is 0. The zero-order valence-electron chi connectivity index (χ0n) is 9.28. The van der Waals surface area contributed by atoms with Crippen LogP contribution in [-0.2, 0) is 16.1 Å². The predicted molar refractivity (Wildman–Crippen MR) is 58.6 cm³/mol. The van der Waals surface area contributed by atoms with Gasteiger partial charge in [-0.15, -0.1) is 0 Å². The summed E-state index contributed by atoms with van der Waals surface area (Å²) in [6.45, 7) is 2.24. The summed E-state index contributed by atoms with van der Waals surface area (Å²) in [5, 5.41) is 2.93. The summed E-state index contributed by atoms with van der Waals surface area (Å²) >= 11 is 0. The number of ketones is 1. The molecule has 0 saturated heterocycles. The monoisotopic (exact) mass is 233 g/mol. The van der Waals surface area contributed by atoms with E-state index >= 15 is 0 Å². The molecule has 5 heteroatoms. The number of fused-ring (bicyclic) bond motifs is 1. The minimum Gasteiger partial charge on any atom is -0.386 e. The van der Waals surface area contributed by atoms with E-state index in [0.717, 1.165) is 5.56 Å².